The Hall–Kier alpha value is -1.13. The Labute approximate surface area is 102 Å². The molecule has 1 atom stereocenters. The van der Waals surface area contributed by atoms with E-state index in [1.165, 1.54) is 7.11 Å². The number of cyclic esters (lactones) is 1. The van der Waals surface area contributed by atoms with Gasteiger partial charge in [-0.05, 0) is 28.4 Å². The van der Waals surface area contributed by atoms with Crippen molar-refractivity contribution in [3.63, 3.8) is 0 Å². The molecule has 84 valence electrons. The third-order valence-electron chi connectivity index (χ3n) is 2.41. The largest absolute Gasteiger partial charge is 0.427 e. The lowest BCUT2D eigenvalue weighted by molar-refractivity contribution is -0.153. The molecule has 4 heteroatoms. The van der Waals surface area contributed by atoms with E-state index in [2.05, 4.69) is 15.9 Å². The van der Waals surface area contributed by atoms with Gasteiger partial charge in [0.25, 0.3) is 0 Å². The number of rotatable bonds is 2. The predicted octanol–water partition coefficient (Wildman–Crippen LogP) is 2.63. The van der Waals surface area contributed by atoms with Gasteiger partial charge in [0.1, 0.15) is 4.48 Å². The molecule has 1 heterocycles. The number of hydrogen-bond acceptors (Lipinski definition) is 3. The molecule has 0 N–H and O–H groups in total. The highest BCUT2D eigenvalue weighted by Crippen LogP contribution is 2.35. The molecule has 0 bridgehead atoms. The summed E-state index contributed by atoms with van der Waals surface area (Å²) in [5.74, 6) is -0.386. The molecule has 16 heavy (non-hydrogen) atoms. The quantitative estimate of drug-likeness (QED) is 0.783. The van der Waals surface area contributed by atoms with Crippen molar-refractivity contribution in [1.82, 2.24) is 0 Å². The molecule has 2 rings (SSSR count). The molecule has 0 saturated heterocycles. The predicted molar refractivity (Wildman–Crippen MR) is 63.9 cm³/mol. The molecule has 1 aliphatic heterocycles. The highest BCUT2D eigenvalue weighted by molar-refractivity contribution is 9.12. The Balaban J connectivity index is 2.49. The number of methoxy groups -OCH3 is 1. The molecule has 0 saturated carbocycles. The Kier molecular flexibility index (Phi) is 3.12. The van der Waals surface area contributed by atoms with Crippen LogP contribution in [0.2, 0.25) is 0 Å². The Morgan fingerprint density at radius 2 is 2.19 bits per heavy atom. The van der Waals surface area contributed by atoms with Crippen LogP contribution in [0.5, 0.6) is 0 Å². The van der Waals surface area contributed by atoms with E-state index >= 15 is 0 Å². The highest BCUT2D eigenvalue weighted by atomic mass is 79.9. The van der Waals surface area contributed by atoms with Crippen molar-refractivity contribution in [2.45, 2.75) is 13.2 Å². The van der Waals surface area contributed by atoms with Crippen LogP contribution in [0.4, 0.5) is 0 Å². The summed E-state index contributed by atoms with van der Waals surface area (Å²) in [5, 5.41) is 0. The van der Waals surface area contributed by atoms with Gasteiger partial charge >= 0.3 is 5.97 Å². The van der Waals surface area contributed by atoms with Crippen LogP contribution in [0.3, 0.4) is 0 Å². The van der Waals surface area contributed by atoms with Crippen LogP contribution in [0.15, 0.2) is 28.7 Å². The summed E-state index contributed by atoms with van der Waals surface area (Å²) < 4.78 is 10.6. The van der Waals surface area contributed by atoms with Crippen LogP contribution in [0.25, 0.3) is 5.57 Å². The molecular weight excluding hydrogens is 272 g/mol. The second-order valence-electron chi connectivity index (χ2n) is 3.57. The van der Waals surface area contributed by atoms with Crippen molar-refractivity contribution >= 4 is 27.5 Å². The highest BCUT2D eigenvalue weighted by Gasteiger charge is 2.33. The molecule has 1 aromatic carbocycles. The maximum Gasteiger partial charge on any atom is 0.348 e. The van der Waals surface area contributed by atoms with Gasteiger partial charge < -0.3 is 9.47 Å². The topological polar surface area (TPSA) is 35.5 Å². The number of hydrogen-bond donors (Lipinski definition) is 0. The van der Waals surface area contributed by atoms with Gasteiger partial charge in [0.2, 0.25) is 6.29 Å². The van der Waals surface area contributed by atoms with E-state index in [4.69, 9.17) is 9.47 Å². The van der Waals surface area contributed by atoms with E-state index in [1.807, 2.05) is 31.2 Å². The molecule has 0 spiro atoms. The van der Waals surface area contributed by atoms with Gasteiger partial charge in [-0.25, -0.2) is 4.79 Å². The van der Waals surface area contributed by atoms with E-state index in [-0.39, 0.29) is 5.97 Å². The molecule has 0 radical (unpaired) electrons. The van der Waals surface area contributed by atoms with Crippen LogP contribution in [-0.2, 0) is 14.3 Å². The minimum absolute atomic E-state index is 0.386. The molecule has 1 aliphatic rings. The molecule has 1 unspecified atom stereocenters. The Morgan fingerprint density at radius 3 is 2.81 bits per heavy atom. The summed E-state index contributed by atoms with van der Waals surface area (Å²) in [5.41, 5.74) is 2.81. The fourth-order valence-electron chi connectivity index (χ4n) is 1.66. The third kappa shape index (κ3) is 1.90. The van der Waals surface area contributed by atoms with Crippen molar-refractivity contribution in [2.75, 3.05) is 7.11 Å². The van der Waals surface area contributed by atoms with E-state index in [0.29, 0.717) is 4.48 Å². The molecule has 0 aromatic heterocycles. The summed E-state index contributed by atoms with van der Waals surface area (Å²) in [6.07, 6.45) is -0.622. The average molecular weight is 283 g/mol. The van der Waals surface area contributed by atoms with Crippen molar-refractivity contribution in [3.05, 3.63) is 39.9 Å². The maximum atomic E-state index is 11.4. The minimum atomic E-state index is -0.622. The SMILES string of the molecule is COC1OC(=O)C(Br)=C1c1cccc(C)c1. The first-order valence-corrected chi connectivity index (χ1v) is 5.63. The molecule has 0 fully saturated rings. The number of benzene rings is 1. The molecule has 0 aliphatic carbocycles. The molecular formula is C12H11BrO3. The lowest BCUT2D eigenvalue weighted by Crippen LogP contribution is -2.13. The van der Waals surface area contributed by atoms with Gasteiger partial charge in [-0.15, -0.1) is 0 Å². The van der Waals surface area contributed by atoms with Crippen LogP contribution in [0.1, 0.15) is 11.1 Å². The summed E-state index contributed by atoms with van der Waals surface area (Å²) in [4.78, 5) is 11.4. The molecule has 0 amide bonds. The zero-order valence-corrected chi connectivity index (χ0v) is 10.6. The zero-order valence-electron chi connectivity index (χ0n) is 8.99. The van der Waals surface area contributed by atoms with E-state index < -0.39 is 6.29 Å². The van der Waals surface area contributed by atoms with Crippen LogP contribution >= 0.6 is 15.9 Å². The normalized spacial score (nSPS) is 20.2. The number of carbonyl (C=O) groups excluding carboxylic acids is 1. The first kappa shape index (κ1) is 11.4. The lowest BCUT2D eigenvalue weighted by atomic mass is 10.0. The number of carbonyl (C=O) groups is 1. The fraction of sp³-hybridized carbons (Fsp3) is 0.250. The Bertz CT molecular complexity index is 465. The smallest absolute Gasteiger partial charge is 0.348 e. The zero-order chi connectivity index (χ0) is 11.7. The fourth-order valence-corrected chi connectivity index (χ4v) is 2.17. The first-order chi connectivity index (χ1) is 7.63. The second-order valence-corrected chi connectivity index (χ2v) is 4.36. The summed E-state index contributed by atoms with van der Waals surface area (Å²) in [6.45, 7) is 2.00. The van der Waals surface area contributed by atoms with Gasteiger partial charge in [-0.2, -0.15) is 0 Å². The van der Waals surface area contributed by atoms with E-state index in [1.54, 1.807) is 0 Å². The second kappa shape index (κ2) is 4.39. The minimum Gasteiger partial charge on any atom is -0.427 e. The van der Waals surface area contributed by atoms with Crippen LogP contribution < -0.4 is 0 Å². The molecule has 3 nitrogen and oxygen atoms in total. The number of halogens is 1. The van der Waals surface area contributed by atoms with Gasteiger partial charge in [0.05, 0.1) is 0 Å². The van der Waals surface area contributed by atoms with Gasteiger partial charge in [0, 0.05) is 12.7 Å². The number of ether oxygens (including phenoxy) is 2. The number of esters is 1. The lowest BCUT2D eigenvalue weighted by Gasteiger charge is -2.12. The van der Waals surface area contributed by atoms with Crippen molar-refractivity contribution in [1.29, 1.82) is 0 Å². The standard InChI is InChI=1S/C12H11BrO3/c1-7-4-3-5-8(6-7)9-10(13)11(14)16-12(9)15-2/h3-6,12H,1-2H3. The maximum absolute atomic E-state index is 11.4. The first-order valence-electron chi connectivity index (χ1n) is 4.84. The Morgan fingerprint density at radius 1 is 1.44 bits per heavy atom. The van der Waals surface area contributed by atoms with Crippen LogP contribution in [0, 0.1) is 6.92 Å². The average Bonchev–Trinajstić information content (AvgIpc) is 2.55. The summed E-state index contributed by atoms with van der Waals surface area (Å²) in [7, 11) is 1.51. The van der Waals surface area contributed by atoms with Crippen molar-refractivity contribution in [2.24, 2.45) is 0 Å². The van der Waals surface area contributed by atoms with E-state index in [9.17, 15) is 4.79 Å². The third-order valence-corrected chi connectivity index (χ3v) is 3.16. The molecule has 1 aromatic rings. The van der Waals surface area contributed by atoms with E-state index in [0.717, 1.165) is 16.7 Å². The summed E-state index contributed by atoms with van der Waals surface area (Å²) >= 11 is 3.24. The van der Waals surface area contributed by atoms with Gasteiger partial charge in [-0.1, -0.05) is 29.8 Å². The van der Waals surface area contributed by atoms with Gasteiger partial charge in [0.15, 0.2) is 0 Å². The monoisotopic (exact) mass is 282 g/mol. The number of aryl methyl sites for hydroxylation is 1. The summed E-state index contributed by atoms with van der Waals surface area (Å²) in [6, 6.07) is 7.85. The van der Waals surface area contributed by atoms with Crippen LogP contribution in [-0.4, -0.2) is 19.4 Å². The van der Waals surface area contributed by atoms with Crippen molar-refractivity contribution in [3.8, 4) is 0 Å². The van der Waals surface area contributed by atoms with Gasteiger partial charge in [-0.3, -0.25) is 0 Å². The van der Waals surface area contributed by atoms with Crippen molar-refractivity contribution < 1.29 is 14.3 Å².